The summed E-state index contributed by atoms with van der Waals surface area (Å²) in [6, 6.07) is 4.80. The number of nitrogens with two attached hydrogens (primary N) is 1. The fourth-order valence-corrected chi connectivity index (χ4v) is 2.45. The number of hydrogen-bond donors (Lipinski definition) is 2. The first-order valence-electron chi connectivity index (χ1n) is 6.28. The number of fused-ring (bicyclic) bond motifs is 1. The number of anilines is 1. The standard InChI is InChI=1S/C12H15N5O2/c13-8-2-1-5-16(7-8)12-14-10-4-3-9(17(18)19)6-11(10)15-12/h3-4,6,8H,1-2,5,7,13H2,(H,14,15)/t8-/m1/s1. The molecule has 100 valence electrons. The second-order valence-electron chi connectivity index (χ2n) is 4.87. The van der Waals surface area contributed by atoms with Crippen molar-refractivity contribution in [2.24, 2.45) is 5.73 Å². The molecule has 0 aliphatic carbocycles. The van der Waals surface area contributed by atoms with Crippen molar-refractivity contribution in [3.63, 3.8) is 0 Å². The van der Waals surface area contributed by atoms with E-state index in [-0.39, 0.29) is 11.7 Å². The fraction of sp³-hybridized carbons (Fsp3) is 0.417. The zero-order valence-corrected chi connectivity index (χ0v) is 10.4. The second kappa shape index (κ2) is 4.51. The van der Waals surface area contributed by atoms with Crippen molar-refractivity contribution >= 4 is 22.7 Å². The first-order valence-corrected chi connectivity index (χ1v) is 6.28. The molecule has 0 bridgehead atoms. The fourth-order valence-electron chi connectivity index (χ4n) is 2.45. The van der Waals surface area contributed by atoms with Gasteiger partial charge in [-0.05, 0) is 18.9 Å². The van der Waals surface area contributed by atoms with E-state index >= 15 is 0 Å². The maximum absolute atomic E-state index is 10.7. The van der Waals surface area contributed by atoms with Crippen LogP contribution in [0, 0.1) is 10.1 Å². The third-order valence-electron chi connectivity index (χ3n) is 3.42. The summed E-state index contributed by atoms with van der Waals surface area (Å²) < 4.78 is 0. The molecule has 7 heteroatoms. The molecule has 1 aromatic heterocycles. The number of H-pyrrole nitrogens is 1. The molecule has 3 N–H and O–H groups in total. The van der Waals surface area contributed by atoms with E-state index in [9.17, 15) is 10.1 Å². The number of benzene rings is 1. The van der Waals surface area contributed by atoms with Gasteiger partial charge in [-0.25, -0.2) is 4.98 Å². The maximum atomic E-state index is 10.7. The highest BCUT2D eigenvalue weighted by atomic mass is 16.6. The SMILES string of the molecule is N[C@@H]1CCCN(c2nc3ccc([N+](=O)[O-])cc3[nH]2)C1. The number of non-ortho nitro benzene ring substituents is 1. The Morgan fingerprint density at radius 3 is 3.11 bits per heavy atom. The van der Waals surface area contributed by atoms with Gasteiger partial charge >= 0.3 is 0 Å². The number of hydrogen-bond acceptors (Lipinski definition) is 5. The summed E-state index contributed by atoms with van der Waals surface area (Å²) in [4.78, 5) is 20.0. The molecule has 1 aromatic carbocycles. The molecule has 3 rings (SSSR count). The number of piperidine rings is 1. The van der Waals surface area contributed by atoms with E-state index in [2.05, 4.69) is 14.9 Å². The van der Waals surface area contributed by atoms with Crippen LogP contribution in [-0.4, -0.2) is 34.0 Å². The van der Waals surface area contributed by atoms with E-state index in [4.69, 9.17) is 5.73 Å². The van der Waals surface area contributed by atoms with Crippen LogP contribution in [0.3, 0.4) is 0 Å². The largest absolute Gasteiger partial charge is 0.341 e. The number of imidazole rings is 1. The van der Waals surface area contributed by atoms with Gasteiger partial charge in [-0.15, -0.1) is 0 Å². The highest BCUT2D eigenvalue weighted by Crippen LogP contribution is 2.23. The lowest BCUT2D eigenvalue weighted by Crippen LogP contribution is -2.43. The molecule has 0 spiro atoms. The van der Waals surface area contributed by atoms with Crippen molar-refractivity contribution in [3.05, 3.63) is 28.3 Å². The van der Waals surface area contributed by atoms with Crippen molar-refractivity contribution in [2.45, 2.75) is 18.9 Å². The third kappa shape index (κ3) is 2.24. The molecule has 7 nitrogen and oxygen atoms in total. The van der Waals surface area contributed by atoms with Gasteiger partial charge in [0.2, 0.25) is 5.95 Å². The lowest BCUT2D eigenvalue weighted by molar-refractivity contribution is -0.384. The summed E-state index contributed by atoms with van der Waals surface area (Å²) in [6.07, 6.45) is 2.07. The van der Waals surface area contributed by atoms with Gasteiger partial charge in [-0.3, -0.25) is 10.1 Å². The van der Waals surface area contributed by atoms with Gasteiger partial charge in [0.05, 0.1) is 16.0 Å². The monoisotopic (exact) mass is 261 g/mol. The summed E-state index contributed by atoms with van der Waals surface area (Å²) in [7, 11) is 0. The van der Waals surface area contributed by atoms with E-state index in [0.717, 1.165) is 37.4 Å². The Morgan fingerprint density at radius 1 is 1.53 bits per heavy atom. The molecule has 1 fully saturated rings. The van der Waals surface area contributed by atoms with Crippen LogP contribution < -0.4 is 10.6 Å². The lowest BCUT2D eigenvalue weighted by atomic mass is 10.1. The molecule has 1 atom stereocenters. The van der Waals surface area contributed by atoms with E-state index in [1.165, 1.54) is 12.1 Å². The van der Waals surface area contributed by atoms with Gasteiger partial charge in [0.15, 0.2) is 0 Å². The van der Waals surface area contributed by atoms with Crippen molar-refractivity contribution in [3.8, 4) is 0 Å². The normalized spacial score (nSPS) is 19.8. The number of nitrogens with zero attached hydrogens (tertiary/aromatic N) is 3. The third-order valence-corrected chi connectivity index (χ3v) is 3.42. The highest BCUT2D eigenvalue weighted by Gasteiger charge is 2.20. The minimum atomic E-state index is -0.406. The molecule has 1 aliphatic heterocycles. The summed E-state index contributed by atoms with van der Waals surface area (Å²) in [6.45, 7) is 1.68. The van der Waals surface area contributed by atoms with Crippen LogP contribution in [0.1, 0.15) is 12.8 Å². The summed E-state index contributed by atoms with van der Waals surface area (Å²) >= 11 is 0. The first-order chi connectivity index (χ1) is 9.13. The Hall–Kier alpha value is -2.15. The van der Waals surface area contributed by atoms with Crippen LogP contribution in [-0.2, 0) is 0 Å². The van der Waals surface area contributed by atoms with Crippen LogP contribution in [0.4, 0.5) is 11.6 Å². The molecule has 0 unspecified atom stereocenters. The minimum Gasteiger partial charge on any atom is -0.341 e. The van der Waals surface area contributed by atoms with Crippen LogP contribution in [0.25, 0.3) is 11.0 Å². The number of nitro groups is 1. The van der Waals surface area contributed by atoms with E-state index in [0.29, 0.717) is 5.52 Å². The quantitative estimate of drug-likeness (QED) is 0.628. The van der Waals surface area contributed by atoms with E-state index in [1.807, 2.05) is 0 Å². The lowest BCUT2D eigenvalue weighted by Gasteiger charge is -2.30. The molecule has 1 aliphatic rings. The van der Waals surface area contributed by atoms with Crippen LogP contribution in [0.2, 0.25) is 0 Å². The number of aromatic nitrogens is 2. The van der Waals surface area contributed by atoms with Gasteiger partial charge in [0, 0.05) is 31.3 Å². The molecule has 2 heterocycles. The number of aromatic amines is 1. The van der Waals surface area contributed by atoms with Crippen molar-refractivity contribution in [1.82, 2.24) is 9.97 Å². The van der Waals surface area contributed by atoms with E-state index < -0.39 is 4.92 Å². The van der Waals surface area contributed by atoms with Gasteiger partial charge in [-0.1, -0.05) is 0 Å². The Labute approximate surface area is 109 Å². The molecule has 0 saturated carbocycles. The minimum absolute atomic E-state index is 0.0676. The number of rotatable bonds is 2. The van der Waals surface area contributed by atoms with Crippen LogP contribution in [0.15, 0.2) is 18.2 Å². The average Bonchev–Trinajstić information content (AvgIpc) is 2.81. The first kappa shape index (κ1) is 11.9. The van der Waals surface area contributed by atoms with Gasteiger partial charge in [-0.2, -0.15) is 0 Å². The highest BCUT2D eigenvalue weighted by molar-refractivity contribution is 5.80. The van der Waals surface area contributed by atoms with Crippen molar-refractivity contribution in [2.75, 3.05) is 18.0 Å². The predicted octanol–water partition coefficient (Wildman–Crippen LogP) is 1.40. The summed E-state index contributed by atoms with van der Waals surface area (Å²) in [5.41, 5.74) is 7.44. The Morgan fingerprint density at radius 2 is 2.37 bits per heavy atom. The molecule has 1 saturated heterocycles. The van der Waals surface area contributed by atoms with Crippen LogP contribution in [0.5, 0.6) is 0 Å². The van der Waals surface area contributed by atoms with Gasteiger partial charge < -0.3 is 15.6 Å². The number of nitro benzene ring substituents is 1. The molecule has 19 heavy (non-hydrogen) atoms. The van der Waals surface area contributed by atoms with Crippen molar-refractivity contribution in [1.29, 1.82) is 0 Å². The van der Waals surface area contributed by atoms with Gasteiger partial charge in [0.25, 0.3) is 5.69 Å². The predicted molar refractivity (Wildman–Crippen MR) is 72.2 cm³/mol. The maximum Gasteiger partial charge on any atom is 0.271 e. The van der Waals surface area contributed by atoms with Crippen LogP contribution >= 0.6 is 0 Å². The average molecular weight is 261 g/mol. The summed E-state index contributed by atoms with van der Waals surface area (Å²) in [5, 5.41) is 10.7. The summed E-state index contributed by atoms with van der Waals surface area (Å²) in [5.74, 6) is 0.741. The van der Waals surface area contributed by atoms with E-state index in [1.54, 1.807) is 6.07 Å². The molecule has 0 radical (unpaired) electrons. The molecular weight excluding hydrogens is 246 g/mol. The topological polar surface area (TPSA) is 101 Å². The molecule has 2 aromatic rings. The van der Waals surface area contributed by atoms with Crippen molar-refractivity contribution < 1.29 is 4.92 Å². The zero-order valence-electron chi connectivity index (χ0n) is 10.4. The van der Waals surface area contributed by atoms with Gasteiger partial charge in [0.1, 0.15) is 0 Å². The smallest absolute Gasteiger partial charge is 0.271 e. The molecule has 0 amide bonds. The zero-order chi connectivity index (χ0) is 13.4. The Bertz CT molecular complexity index is 624. The Kier molecular flexibility index (Phi) is 2.83. The second-order valence-corrected chi connectivity index (χ2v) is 4.87. The Balaban J connectivity index is 1.94. The molecular formula is C12H15N5O2. The number of nitrogens with one attached hydrogen (secondary N) is 1.